The minimum absolute atomic E-state index is 0.127. The minimum atomic E-state index is -0.152. The first-order valence-electron chi connectivity index (χ1n) is 10.7. The summed E-state index contributed by atoms with van der Waals surface area (Å²) in [6, 6.07) is 3.85. The molecule has 0 saturated carbocycles. The zero-order valence-corrected chi connectivity index (χ0v) is 17.7. The summed E-state index contributed by atoms with van der Waals surface area (Å²) in [5.41, 5.74) is 1.11. The molecule has 1 saturated heterocycles. The van der Waals surface area contributed by atoms with Gasteiger partial charge in [-0.25, -0.2) is 0 Å². The summed E-state index contributed by atoms with van der Waals surface area (Å²) < 4.78 is 0. The van der Waals surface area contributed by atoms with Gasteiger partial charge in [-0.05, 0) is 36.6 Å². The van der Waals surface area contributed by atoms with Crippen LogP contribution in [0.15, 0.2) is 23.2 Å². The Morgan fingerprint density at radius 2 is 1.93 bits per heavy atom. The van der Waals surface area contributed by atoms with Gasteiger partial charge in [0.05, 0.1) is 5.57 Å². The van der Waals surface area contributed by atoms with Crippen LogP contribution in [0, 0.1) is 5.92 Å². The second-order valence-electron chi connectivity index (χ2n) is 7.87. The van der Waals surface area contributed by atoms with Crippen LogP contribution in [0.5, 0.6) is 0 Å². The van der Waals surface area contributed by atoms with Crippen molar-refractivity contribution in [3.05, 3.63) is 28.1 Å². The normalized spacial score (nSPS) is 20.6. The van der Waals surface area contributed by atoms with E-state index in [2.05, 4.69) is 6.92 Å². The van der Waals surface area contributed by atoms with E-state index in [0.717, 1.165) is 43.5 Å². The van der Waals surface area contributed by atoms with Gasteiger partial charge in [-0.15, -0.1) is 11.3 Å². The Morgan fingerprint density at radius 1 is 1.14 bits per heavy atom. The number of aliphatic hydroxyl groups excluding tert-OH is 1. The van der Waals surface area contributed by atoms with Crippen molar-refractivity contribution in [3.8, 4) is 0 Å². The number of carbonyl (C=O) groups excluding carboxylic acids is 2. The van der Waals surface area contributed by atoms with Crippen molar-refractivity contribution in [2.24, 2.45) is 5.92 Å². The molecule has 1 atom stereocenters. The van der Waals surface area contributed by atoms with Gasteiger partial charge in [0.2, 0.25) is 0 Å². The van der Waals surface area contributed by atoms with Gasteiger partial charge in [-0.3, -0.25) is 14.5 Å². The fourth-order valence-electron chi connectivity index (χ4n) is 4.17. The number of carbonyl (C=O) groups is 2. The number of imide groups is 1. The molecule has 0 radical (unpaired) electrons. The van der Waals surface area contributed by atoms with Gasteiger partial charge in [0, 0.05) is 31.1 Å². The van der Waals surface area contributed by atoms with E-state index in [9.17, 15) is 14.7 Å². The first-order chi connectivity index (χ1) is 13.7. The molecule has 1 aromatic heterocycles. The van der Waals surface area contributed by atoms with E-state index in [0.29, 0.717) is 24.4 Å². The van der Waals surface area contributed by atoms with Crippen LogP contribution in [0.3, 0.4) is 0 Å². The smallest absolute Gasteiger partial charge is 0.277 e. The number of piperidine rings is 1. The Labute approximate surface area is 172 Å². The summed E-state index contributed by atoms with van der Waals surface area (Å²) in [6.45, 7) is 4.24. The number of nitrogens with zero attached hydrogens (tertiary/aromatic N) is 2. The highest BCUT2D eigenvalue weighted by Crippen LogP contribution is 2.35. The minimum Gasteiger partial charge on any atom is -0.396 e. The maximum Gasteiger partial charge on any atom is 0.277 e. The SMILES string of the molecule is CCCCCCCCN1C(=O)C(c2cccs2)=C(N2CCCC(CO)C2)C1=O. The average Bonchev–Trinajstić information content (AvgIpc) is 3.32. The van der Waals surface area contributed by atoms with Crippen LogP contribution >= 0.6 is 11.3 Å². The lowest BCUT2D eigenvalue weighted by atomic mass is 9.98. The fraction of sp³-hybridized carbons (Fsp3) is 0.636. The Balaban J connectivity index is 1.74. The van der Waals surface area contributed by atoms with Gasteiger partial charge >= 0.3 is 0 Å². The van der Waals surface area contributed by atoms with Crippen molar-refractivity contribution < 1.29 is 14.7 Å². The lowest BCUT2D eigenvalue weighted by molar-refractivity contribution is -0.137. The third-order valence-corrected chi connectivity index (χ3v) is 6.63. The largest absolute Gasteiger partial charge is 0.396 e. The van der Waals surface area contributed by atoms with E-state index in [-0.39, 0.29) is 24.3 Å². The highest BCUT2D eigenvalue weighted by atomic mass is 32.1. The topological polar surface area (TPSA) is 60.9 Å². The first kappa shape index (κ1) is 21.1. The standard InChI is InChI=1S/C22H32N2O3S/c1-2-3-4-5-6-7-13-24-21(26)19(18-11-9-14-28-18)20(22(24)27)23-12-8-10-17(15-23)16-25/h9,11,14,17,25H,2-8,10,12-13,15-16H2,1H3. The highest BCUT2D eigenvalue weighted by molar-refractivity contribution is 7.11. The van der Waals surface area contributed by atoms with Gasteiger partial charge in [0.25, 0.3) is 11.8 Å². The molecule has 1 aromatic rings. The predicted molar refractivity (Wildman–Crippen MR) is 113 cm³/mol. The third kappa shape index (κ3) is 4.66. The van der Waals surface area contributed by atoms with E-state index in [1.807, 2.05) is 22.4 Å². The van der Waals surface area contributed by atoms with Crippen LogP contribution in [0.1, 0.15) is 63.2 Å². The molecule has 6 heteroatoms. The fourth-order valence-corrected chi connectivity index (χ4v) is 4.93. The molecule has 0 aliphatic carbocycles. The number of unbranched alkanes of at least 4 members (excludes halogenated alkanes) is 5. The zero-order valence-electron chi connectivity index (χ0n) is 16.9. The maximum absolute atomic E-state index is 13.2. The van der Waals surface area contributed by atoms with Crippen molar-refractivity contribution in [1.82, 2.24) is 9.80 Å². The summed E-state index contributed by atoms with van der Waals surface area (Å²) >= 11 is 1.51. The van der Waals surface area contributed by atoms with Crippen LogP contribution < -0.4 is 0 Å². The molecule has 5 nitrogen and oxygen atoms in total. The molecule has 0 bridgehead atoms. The van der Waals surface area contributed by atoms with E-state index in [1.165, 1.54) is 35.5 Å². The van der Waals surface area contributed by atoms with Crippen molar-refractivity contribution in [1.29, 1.82) is 0 Å². The number of hydrogen-bond acceptors (Lipinski definition) is 5. The van der Waals surface area contributed by atoms with Crippen molar-refractivity contribution in [2.75, 3.05) is 26.2 Å². The van der Waals surface area contributed by atoms with Crippen LogP contribution in [-0.2, 0) is 9.59 Å². The van der Waals surface area contributed by atoms with E-state index in [4.69, 9.17) is 0 Å². The van der Waals surface area contributed by atoms with Gasteiger partial charge < -0.3 is 10.0 Å². The van der Waals surface area contributed by atoms with Crippen LogP contribution in [0.4, 0.5) is 0 Å². The zero-order chi connectivity index (χ0) is 19.9. The van der Waals surface area contributed by atoms with Crippen molar-refractivity contribution in [2.45, 2.75) is 58.3 Å². The number of thiophene rings is 1. The Morgan fingerprint density at radius 3 is 2.64 bits per heavy atom. The molecule has 154 valence electrons. The van der Waals surface area contributed by atoms with Crippen molar-refractivity contribution in [3.63, 3.8) is 0 Å². The molecule has 0 aromatic carbocycles. The first-order valence-corrected chi connectivity index (χ1v) is 11.6. The van der Waals surface area contributed by atoms with Crippen LogP contribution in [-0.4, -0.2) is 53.0 Å². The summed E-state index contributed by atoms with van der Waals surface area (Å²) in [7, 11) is 0. The maximum atomic E-state index is 13.2. The summed E-state index contributed by atoms with van der Waals surface area (Å²) in [5.74, 6) is -0.135. The van der Waals surface area contributed by atoms with Gasteiger partial charge in [-0.2, -0.15) is 0 Å². The molecular formula is C22H32N2O3S. The molecule has 2 aliphatic heterocycles. The van der Waals surface area contributed by atoms with Gasteiger partial charge in [0.1, 0.15) is 5.70 Å². The molecule has 3 heterocycles. The number of aliphatic hydroxyl groups is 1. The molecule has 3 rings (SSSR count). The molecule has 1 N–H and O–H groups in total. The second kappa shape index (κ2) is 10.2. The van der Waals surface area contributed by atoms with Gasteiger partial charge in [0.15, 0.2) is 0 Å². The van der Waals surface area contributed by atoms with E-state index >= 15 is 0 Å². The predicted octanol–water partition coefficient (Wildman–Crippen LogP) is 3.89. The lowest BCUT2D eigenvalue weighted by Crippen LogP contribution is -2.40. The van der Waals surface area contributed by atoms with E-state index < -0.39 is 0 Å². The third-order valence-electron chi connectivity index (χ3n) is 5.74. The number of amides is 2. The molecule has 28 heavy (non-hydrogen) atoms. The van der Waals surface area contributed by atoms with Gasteiger partial charge in [-0.1, -0.05) is 45.1 Å². The highest BCUT2D eigenvalue weighted by Gasteiger charge is 2.42. The lowest BCUT2D eigenvalue weighted by Gasteiger charge is -2.34. The Bertz CT molecular complexity index is 699. The van der Waals surface area contributed by atoms with Crippen molar-refractivity contribution >= 4 is 28.7 Å². The summed E-state index contributed by atoms with van der Waals surface area (Å²) in [6.07, 6.45) is 8.67. The van der Waals surface area contributed by atoms with Crippen LogP contribution in [0.25, 0.3) is 5.57 Å². The van der Waals surface area contributed by atoms with Crippen LogP contribution in [0.2, 0.25) is 0 Å². The molecular weight excluding hydrogens is 372 g/mol. The summed E-state index contributed by atoms with van der Waals surface area (Å²) in [4.78, 5) is 30.8. The Hall–Kier alpha value is -1.66. The molecule has 0 spiro atoms. The number of likely N-dealkylation sites (tertiary alicyclic amines) is 1. The average molecular weight is 405 g/mol. The number of rotatable bonds is 10. The molecule has 1 unspecified atom stereocenters. The number of hydrogen-bond donors (Lipinski definition) is 1. The Kier molecular flexibility index (Phi) is 7.68. The molecule has 2 amide bonds. The quantitative estimate of drug-likeness (QED) is 0.475. The molecule has 1 fully saturated rings. The second-order valence-corrected chi connectivity index (χ2v) is 8.82. The van der Waals surface area contributed by atoms with E-state index in [1.54, 1.807) is 0 Å². The summed E-state index contributed by atoms with van der Waals surface area (Å²) in [5, 5.41) is 11.5. The molecule has 2 aliphatic rings. The monoisotopic (exact) mass is 404 g/mol.